The number of carboxylic acid groups (broad SMARTS) is 1. The van der Waals surface area contributed by atoms with Crippen molar-refractivity contribution in [2.45, 2.75) is 360 Å². The minimum Gasteiger partial charge on any atom is -0.479 e. The molecule has 0 bridgehead atoms. The molecule has 0 radical (unpaired) electrons. The zero-order chi connectivity index (χ0) is 86.9. The van der Waals surface area contributed by atoms with Gasteiger partial charge in [0.2, 0.25) is 6.29 Å². The van der Waals surface area contributed by atoms with Gasteiger partial charge in [-0.2, -0.15) is 0 Å². The molecular weight excluding hydrogens is 1600 g/mol. The van der Waals surface area contributed by atoms with Gasteiger partial charge in [-0.15, -0.1) is 0 Å². The predicted octanol–water partition coefficient (Wildman–Crippen LogP) is -7.95. The van der Waals surface area contributed by atoms with Crippen molar-refractivity contribution in [3.63, 3.8) is 0 Å². The highest BCUT2D eigenvalue weighted by Crippen LogP contribution is 2.76. The second kappa shape index (κ2) is 35.6. The van der Waals surface area contributed by atoms with Crippen LogP contribution in [0.1, 0.15) is 120 Å². The summed E-state index contributed by atoms with van der Waals surface area (Å²) in [6, 6.07) is 0. The van der Waals surface area contributed by atoms with Crippen LogP contribution in [0, 0.1) is 50.2 Å². The number of carbonyl (C=O) groups excluding carboxylic acids is 3. The van der Waals surface area contributed by atoms with Gasteiger partial charge in [0.25, 0.3) is 0 Å². The van der Waals surface area contributed by atoms with Crippen molar-refractivity contribution in [3.8, 4) is 0 Å². The first-order chi connectivity index (χ1) is 55.9. The van der Waals surface area contributed by atoms with Gasteiger partial charge in [-0.25, -0.2) is 4.79 Å². The van der Waals surface area contributed by atoms with Crippen LogP contribution in [0.4, 0.5) is 0 Å². The summed E-state index contributed by atoms with van der Waals surface area (Å²) < 4.78 is 103. The highest BCUT2D eigenvalue weighted by molar-refractivity contribution is 5.80. The molecule has 0 aromatic heterocycles. The van der Waals surface area contributed by atoms with E-state index in [4.69, 9.17) is 80.5 Å². The zero-order valence-electron chi connectivity index (χ0n) is 67.3. The van der Waals surface area contributed by atoms with Gasteiger partial charge in [-0.05, 0) is 111 Å². The number of hydrogen-bond acceptors (Lipinski definition) is 41. The topological polar surface area (TPSA) is 650 Å². The number of aliphatic hydroxyl groups is 20. The van der Waals surface area contributed by atoms with Gasteiger partial charge >= 0.3 is 17.9 Å². The van der Waals surface area contributed by atoms with E-state index in [0.717, 1.165) is 18.8 Å². The molecule has 8 saturated heterocycles. The molecule has 21 N–H and O–H groups in total. The summed E-state index contributed by atoms with van der Waals surface area (Å²) >= 11 is 0. The average molecular weight is 1720 g/mol. The minimum atomic E-state index is -2.27. The van der Waals surface area contributed by atoms with E-state index in [1.165, 1.54) is 13.8 Å². The van der Waals surface area contributed by atoms with Crippen LogP contribution >= 0.6 is 0 Å². The van der Waals surface area contributed by atoms with Gasteiger partial charge in [-0.3, -0.25) is 9.59 Å². The van der Waals surface area contributed by atoms with E-state index in [9.17, 15) is 122 Å². The third-order valence-corrected chi connectivity index (χ3v) is 28.9. The van der Waals surface area contributed by atoms with E-state index in [1.807, 2.05) is 13.8 Å². The van der Waals surface area contributed by atoms with E-state index in [0.29, 0.717) is 38.5 Å². The van der Waals surface area contributed by atoms with Crippen LogP contribution in [-0.2, 0) is 99.7 Å². The van der Waals surface area contributed by atoms with Gasteiger partial charge < -0.3 is 193 Å². The zero-order valence-corrected chi connectivity index (χ0v) is 67.3. The molecule has 0 spiro atoms. The van der Waals surface area contributed by atoms with Gasteiger partial charge in [-0.1, -0.05) is 53.2 Å². The third-order valence-electron chi connectivity index (χ3n) is 28.9. The number of allylic oxidation sites excluding steroid dienone is 2. The molecule has 12 fully saturated rings. The van der Waals surface area contributed by atoms with Crippen molar-refractivity contribution in [3.05, 3.63) is 11.6 Å². The molecule has 13 aliphatic rings. The van der Waals surface area contributed by atoms with E-state index in [2.05, 4.69) is 26.8 Å². The Morgan fingerprint density at radius 3 is 1.50 bits per heavy atom. The number of aliphatic carboxylic acids is 1. The largest absolute Gasteiger partial charge is 0.479 e. The Balaban J connectivity index is 0.782. The Morgan fingerprint density at radius 1 is 0.454 bits per heavy atom. The van der Waals surface area contributed by atoms with Crippen LogP contribution in [-0.4, -0.2) is 404 Å². The molecule has 0 amide bonds. The highest BCUT2D eigenvalue weighted by atomic mass is 16.8. The molecule has 42 heteroatoms. The second-order valence-corrected chi connectivity index (χ2v) is 36.5. The standard InChI is InChI=1S/C77H120O42/c1-26-54(112-67-58(42(88)33(84)23-104-67)116-68-57(41(87)32(83)24-105-68)114-63-50(96)40(86)31(82)22-103-63)49(95)53(99)64(106-26)118-61-60(117-66-52(98)46(92)44(90)35(21-79)110-66)55(108-28(3)81)27(2)107-70(61)119-71(102)77-17-16-72(4,5)18-30(77)29-10-11-37-73(6)14-13-39(74(7,25-80)36(73)12-15-75(37,8)76(29,9)19-38(77)85)111-69-59(48(94)47(93)56(113-69)62(100)101)115-65-51(97)45(91)43(89)34(20-78)109-65/h10,25-27,30-61,63-70,78-79,82-99H,11-24H2,1-9H3,(H,100,101). The third kappa shape index (κ3) is 16.6. The Bertz CT molecular complexity index is 3540. The van der Waals surface area contributed by atoms with Crippen molar-refractivity contribution in [1.29, 1.82) is 0 Å². The maximum absolute atomic E-state index is 16.4. The first kappa shape index (κ1) is 93.1. The van der Waals surface area contributed by atoms with Crippen LogP contribution in [0.15, 0.2) is 11.6 Å². The van der Waals surface area contributed by atoms with E-state index >= 15 is 4.79 Å². The molecule has 0 aromatic rings. The summed E-state index contributed by atoms with van der Waals surface area (Å²) in [4.78, 5) is 56.4. The van der Waals surface area contributed by atoms with Gasteiger partial charge in [0.15, 0.2) is 62.3 Å². The van der Waals surface area contributed by atoms with Crippen LogP contribution in [0.2, 0.25) is 0 Å². The summed E-state index contributed by atoms with van der Waals surface area (Å²) in [6.45, 7) is 12.2. The molecule has 47 atom stereocenters. The molecule has 5 aliphatic carbocycles. The molecule has 4 saturated carbocycles. The van der Waals surface area contributed by atoms with E-state index < -0.39 is 335 Å². The Hall–Kier alpha value is -3.58. The monoisotopic (exact) mass is 1720 g/mol. The molecule has 13 rings (SSSR count). The number of carboxylic acids is 1. The predicted molar refractivity (Wildman–Crippen MR) is 384 cm³/mol. The number of esters is 2. The summed E-state index contributed by atoms with van der Waals surface area (Å²) in [5.74, 6) is -5.24. The second-order valence-electron chi connectivity index (χ2n) is 36.5. The van der Waals surface area contributed by atoms with E-state index in [-0.39, 0.29) is 25.2 Å². The fraction of sp³-hybridized carbons (Fsp3) is 0.922. The Morgan fingerprint density at radius 2 is 0.933 bits per heavy atom. The normalized spacial score (nSPS) is 53.8. The number of ether oxygens (including phenoxy) is 17. The first-order valence-corrected chi connectivity index (χ1v) is 40.8. The Labute approximate surface area is 683 Å². The lowest BCUT2D eigenvalue weighted by Crippen LogP contribution is -2.69. The van der Waals surface area contributed by atoms with Gasteiger partial charge in [0.05, 0.1) is 62.9 Å². The molecule has 8 aliphatic heterocycles. The number of hydrogen-bond donors (Lipinski definition) is 21. The van der Waals surface area contributed by atoms with Crippen LogP contribution in [0.3, 0.4) is 0 Å². The smallest absolute Gasteiger partial charge is 0.335 e. The van der Waals surface area contributed by atoms with Crippen molar-refractivity contribution >= 4 is 24.2 Å². The summed E-state index contributed by atoms with van der Waals surface area (Å²) in [5.41, 5.74) is -5.28. The summed E-state index contributed by atoms with van der Waals surface area (Å²) in [5, 5.41) is 233. The van der Waals surface area contributed by atoms with Crippen molar-refractivity contribution < 1.29 is 207 Å². The molecule has 47 unspecified atom stereocenters. The molecule has 0 aromatic carbocycles. The molecule has 119 heavy (non-hydrogen) atoms. The average Bonchev–Trinajstić information content (AvgIpc) is 0.668. The molecule has 42 nitrogen and oxygen atoms in total. The molecule has 680 valence electrons. The van der Waals surface area contributed by atoms with Crippen LogP contribution in [0.5, 0.6) is 0 Å². The molecule has 8 heterocycles. The number of carbonyl (C=O) groups is 4. The highest BCUT2D eigenvalue weighted by Gasteiger charge is 2.74. The lowest BCUT2D eigenvalue weighted by Gasteiger charge is -2.71. The number of aliphatic hydroxyl groups excluding tert-OH is 20. The summed E-state index contributed by atoms with van der Waals surface area (Å²) in [6.07, 6.45) is -67.1. The number of rotatable bonds is 21. The van der Waals surface area contributed by atoms with Gasteiger partial charge in [0.1, 0.15) is 158 Å². The number of fused-ring (bicyclic) bond motifs is 7. The van der Waals surface area contributed by atoms with E-state index in [1.54, 1.807) is 6.92 Å². The maximum atomic E-state index is 16.4. The minimum absolute atomic E-state index is 0.0136. The lowest BCUT2D eigenvalue weighted by atomic mass is 9.33. The van der Waals surface area contributed by atoms with Crippen molar-refractivity contribution in [2.75, 3.05) is 33.0 Å². The first-order valence-electron chi connectivity index (χ1n) is 40.8. The van der Waals surface area contributed by atoms with Crippen molar-refractivity contribution in [2.24, 2.45) is 50.2 Å². The van der Waals surface area contributed by atoms with Crippen LogP contribution in [0.25, 0.3) is 0 Å². The lowest BCUT2D eigenvalue weighted by molar-refractivity contribution is -0.398. The van der Waals surface area contributed by atoms with Crippen LogP contribution < -0.4 is 0 Å². The summed E-state index contributed by atoms with van der Waals surface area (Å²) in [7, 11) is 0. The molecular formula is C77H120O42. The maximum Gasteiger partial charge on any atom is 0.335 e. The van der Waals surface area contributed by atoms with Gasteiger partial charge in [0, 0.05) is 6.92 Å². The Kier molecular flexibility index (Phi) is 27.8. The fourth-order valence-corrected chi connectivity index (χ4v) is 21.7. The quantitative estimate of drug-likeness (QED) is 0.0220. The fourth-order valence-electron chi connectivity index (χ4n) is 21.7. The SMILES string of the molecule is CC(=O)OC1C(C)OC(OC(=O)C23CCC(C)(C)CC2C2=CCC4C5(C)CCC(OC6OC(C(=O)O)C(O)C(O)C6OC6OC(CO)C(O)C(O)C6O)C(C)(C=O)C5CCC4(C)C2(C)CC3O)C(OC2OC(C)C(OC3OCC(O)C(O)C3OC3OCC(O)C(O)C3OC3OCC(O)C(O)C3O)C(O)C2O)C1OC1OC(CO)C(O)C(O)C1O. The van der Waals surface area contributed by atoms with Crippen molar-refractivity contribution in [1.82, 2.24) is 0 Å². The number of aldehydes is 1.